The first-order valence-electron chi connectivity index (χ1n) is 4.91. The van der Waals surface area contributed by atoms with Crippen molar-refractivity contribution in [3.63, 3.8) is 0 Å². The number of rotatable bonds is 5. The molecule has 0 saturated carbocycles. The van der Waals surface area contributed by atoms with E-state index in [9.17, 15) is 9.59 Å². The molecule has 0 aliphatic heterocycles. The van der Waals surface area contributed by atoms with Crippen LogP contribution in [0.25, 0.3) is 0 Å². The summed E-state index contributed by atoms with van der Waals surface area (Å²) in [6.07, 6.45) is 5.51. The SMILES string of the molecule is C#CCn1ncc(Cl)c(NCCOC(N)=O)c1=O. The quantitative estimate of drug-likeness (QED) is 0.581. The van der Waals surface area contributed by atoms with E-state index in [0.29, 0.717) is 0 Å². The van der Waals surface area contributed by atoms with Gasteiger partial charge in [0.15, 0.2) is 0 Å². The predicted molar refractivity (Wildman–Crippen MR) is 66.4 cm³/mol. The molecule has 0 aromatic carbocycles. The highest BCUT2D eigenvalue weighted by Gasteiger charge is 2.08. The second kappa shape index (κ2) is 6.51. The van der Waals surface area contributed by atoms with Gasteiger partial charge in [-0.25, -0.2) is 9.48 Å². The van der Waals surface area contributed by atoms with Crippen LogP contribution in [0.1, 0.15) is 0 Å². The Morgan fingerprint density at radius 2 is 2.44 bits per heavy atom. The number of carbonyl (C=O) groups is 1. The molecule has 96 valence electrons. The molecule has 0 fully saturated rings. The molecule has 18 heavy (non-hydrogen) atoms. The van der Waals surface area contributed by atoms with Gasteiger partial charge < -0.3 is 15.8 Å². The number of nitrogens with zero attached hydrogens (tertiary/aromatic N) is 2. The number of nitrogens with one attached hydrogen (secondary N) is 1. The first-order chi connectivity index (χ1) is 8.56. The number of halogens is 1. The molecule has 0 aliphatic rings. The van der Waals surface area contributed by atoms with Gasteiger partial charge in [0.1, 0.15) is 18.8 Å². The molecule has 1 aromatic heterocycles. The van der Waals surface area contributed by atoms with Crippen LogP contribution in [0.3, 0.4) is 0 Å². The maximum absolute atomic E-state index is 11.8. The fourth-order valence-electron chi connectivity index (χ4n) is 1.16. The van der Waals surface area contributed by atoms with Crippen LogP contribution in [-0.4, -0.2) is 29.0 Å². The third kappa shape index (κ3) is 3.68. The Hall–Kier alpha value is -2.20. The molecule has 0 saturated heterocycles. The van der Waals surface area contributed by atoms with Gasteiger partial charge in [0.05, 0.1) is 11.2 Å². The van der Waals surface area contributed by atoms with Crippen molar-refractivity contribution in [3.05, 3.63) is 21.6 Å². The van der Waals surface area contributed by atoms with Crippen LogP contribution in [-0.2, 0) is 11.3 Å². The number of ether oxygens (including phenoxy) is 1. The minimum Gasteiger partial charge on any atom is -0.448 e. The topological polar surface area (TPSA) is 99.2 Å². The van der Waals surface area contributed by atoms with E-state index >= 15 is 0 Å². The predicted octanol–water partition coefficient (Wildman–Crippen LogP) is 0.0371. The number of anilines is 1. The molecular weight excluding hydrogens is 260 g/mol. The molecule has 8 heteroatoms. The summed E-state index contributed by atoms with van der Waals surface area (Å²) >= 11 is 5.82. The molecule has 0 atom stereocenters. The second-order valence-electron chi connectivity index (χ2n) is 3.13. The lowest BCUT2D eigenvalue weighted by molar-refractivity contribution is 0.161. The van der Waals surface area contributed by atoms with Crippen molar-refractivity contribution < 1.29 is 9.53 Å². The van der Waals surface area contributed by atoms with Gasteiger partial charge >= 0.3 is 6.09 Å². The molecule has 0 radical (unpaired) electrons. The molecule has 7 nitrogen and oxygen atoms in total. The zero-order valence-electron chi connectivity index (χ0n) is 9.35. The summed E-state index contributed by atoms with van der Waals surface area (Å²) in [5, 5.41) is 6.66. The highest BCUT2D eigenvalue weighted by molar-refractivity contribution is 6.32. The van der Waals surface area contributed by atoms with Gasteiger partial charge in [-0.15, -0.1) is 6.42 Å². The van der Waals surface area contributed by atoms with Gasteiger partial charge in [-0.3, -0.25) is 4.79 Å². The lowest BCUT2D eigenvalue weighted by Crippen LogP contribution is -2.27. The van der Waals surface area contributed by atoms with Crippen molar-refractivity contribution in [2.45, 2.75) is 6.54 Å². The first kappa shape index (κ1) is 13.9. The summed E-state index contributed by atoms with van der Waals surface area (Å²) in [5.74, 6) is 2.30. The Morgan fingerprint density at radius 3 is 3.06 bits per heavy atom. The third-order valence-electron chi connectivity index (χ3n) is 1.89. The molecule has 1 heterocycles. The Bertz CT molecular complexity index is 535. The van der Waals surface area contributed by atoms with E-state index in [-0.39, 0.29) is 30.4 Å². The molecule has 0 spiro atoms. The van der Waals surface area contributed by atoms with Gasteiger partial charge in [0.2, 0.25) is 0 Å². The zero-order chi connectivity index (χ0) is 13.5. The summed E-state index contributed by atoms with van der Waals surface area (Å²) in [6, 6.07) is 0. The maximum atomic E-state index is 11.8. The summed E-state index contributed by atoms with van der Waals surface area (Å²) in [5.41, 5.74) is 4.49. The number of amides is 1. The zero-order valence-corrected chi connectivity index (χ0v) is 10.1. The van der Waals surface area contributed by atoms with Gasteiger partial charge in [0, 0.05) is 6.54 Å². The normalized spacial score (nSPS) is 9.56. The van der Waals surface area contributed by atoms with Crippen LogP contribution < -0.4 is 16.6 Å². The number of hydrogen-bond donors (Lipinski definition) is 2. The fraction of sp³-hybridized carbons (Fsp3) is 0.300. The highest BCUT2D eigenvalue weighted by Crippen LogP contribution is 2.14. The largest absolute Gasteiger partial charge is 0.448 e. The van der Waals surface area contributed by atoms with Gasteiger partial charge in [-0.1, -0.05) is 17.5 Å². The van der Waals surface area contributed by atoms with Crippen LogP contribution in [0, 0.1) is 12.3 Å². The van der Waals surface area contributed by atoms with E-state index in [1.165, 1.54) is 6.20 Å². The van der Waals surface area contributed by atoms with Crippen molar-refractivity contribution in [2.75, 3.05) is 18.5 Å². The minimum atomic E-state index is -0.887. The number of aromatic nitrogens is 2. The van der Waals surface area contributed by atoms with E-state index in [4.69, 9.17) is 23.8 Å². The van der Waals surface area contributed by atoms with E-state index < -0.39 is 11.7 Å². The van der Waals surface area contributed by atoms with Gasteiger partial charge in [-0.05, 0) is 0 Å². The van der Waals surface area contributed by atoms with Crippen molar-refractivity contribution in [1.29, 1.82) is 0 Å². The summed E-state index contributed by atoms with van der Waals surface area (Å²) in [6.45, 7) is 0.253. The van der Waals surface area contributed by atoms with Crippen molar-refractivity contribution in [3.8, 4) is 12.3 Å². The van der Waals surface area contributed by atoms with Crippen LogP contribution in [0.15, 0.2) is 11.0 Å². The van der Waals surface area contributed by atoms with Crippen molar-refractivity contribution >= 4 is 23.4 Å². The van der Waals surface area contributed by atoms with E-state index in [2.05, 4.69) is 21.1 Å². The number of terminal acetylenes is 1. The molecule has 0 bridgehead atoms. The molecule has 3 N–H and O–H groups in total. The van der Waals surface area contributed by atoms with Crippen LogP contribution in [0.2, 0.25) is 5.02 Å². The van der Waals surface area contributed by atoms with Crippen molar-refractivity contribution in [2.24, 2.45) is 5.73 Å². The molecule has 0 unspecified atom stereocenters. The van der Waals surface area contributed by atoms with E-state index in [0.717, 1.165) is 4.68 Å². The number of nitrogens with two attached hydrogens (primary N) is 1. The highest BCUT2D eigenvalue weighted by atomic mass is 35.5. The fourth-order valence-corrected chi connectivity index (χ4v) is 1.35. The van der Waals surface area contributed by atoms with Crippen LogP contribution in [0.5, 0.6) is 0 Å². The van der Waals surface area contributed by atoms with E-state index in [1.807, 2.05) is 0 Å². The lowest BCUT2D eigenvalue weighted by atomic mass is 10.4. The molecule has 1 amide bonds. The summed E-state index contributed by atoms with van der Waals surface area (Å²) in [4.78, 5) is 22.2. The van der Waals surface area contributed by atoms with Gasteiger partial charge in [-0.2, -0.15) is 5.10 Å². The molecule has 1 aromatic rings. The Kier molecular flexibility index (Phi) is 5.02. The lowest BCUT2D eigenvalue weighted by Gasteiger charge is -2.09. The monoisotopic (exact) mass is 270 g/mol. The third-order valence-corrected chi connectivity index (χ3v) is 2.17. The molecule has 1 rings (SSSR count). The minimum absolute atomic E-state index is 0.0164. The van der Waals surface area contributed by atoms with Crippen LogP contribution in [0.4, 0.5) is 10.5 Å². The molecule has 0 aliphatic carbocycles. The van der Waals surface area contributed by atoms with Gasteiger partial charge in [0.25, 0.3) is 5.56 Å². The Morgan fingerprint density at radius 1 is 1.72 bits per heavy atom. The number of primary amides is 1. The van der Waals surface area contributed by atoms with Crippen molar-refractivity contribution in [1.82, 2.24) is 9.78 Å². The molecular formula is C10H11ClN4O3. The Labute approximate surface area is 108 Å². The average molecular weight is 271 g/mol. The van der Waals surface area contributed by atoms with Crippen LogP contribution >= 0.6 is 11.6 Å². The second-order valence-corrected chi connectivity index (χ2v) is 3.54. The number of hydrogen-bond acceptors (Lipinski definition) is 5. The summed E-state index contributed by atoms with van der Waals surface area (Å²) in [7, 11) is 0. The first-order valence-corrected chi connectivity index (χ1v) is 5.29. The number of carbonyl (C=O) groups excluding carboxylic acids is 1. The van der Waals surface area contributed by atoms with E-state index in [1.54, 1.807) is 0 Å². The average Bonchev–Trinajstić information content (AvgIpc) is 2.31. The maximum Gasteiger partial charge on any atom is 0.404 e. The Balaban J connectivity index is 2.76. The standard InChI is InChI=1S/C10H11ClN4O3/c1-2-4-15-9(16)8(7(11)6-14-15)13-3-5-18-10(12)17/h1,6,13H,3-5H2,(H2,12,17). The summed E-state index contributed by atoms with van der Waals surface area (Å²) < 4.78 is 5.58. The smallest absolute Gasteiger partial charge is 0.404 e.